The highest BCUT2D eigenvalue weighted by Gasteiger charge is 2.27. The molecule has 1 saturated heterocycles. The molecule has 0 aliphatic carbocycles. The first-order valence-electron chi connectivity index (χ1n) is 9.42. The number of piperidine rings is 1. The van der Waals surface area contributed by atoms with Crippen molar-refractivity contribution in [2.45, 2.75) is 38.8 Å². The molecule has 162 valence electrons. The second-order valence-corrected chi connectivity index (χ2v) is 8.73. The molecule has 12 heteroatoms. The van der Waals surface area contributed by atoms with E-state index in [9.17, 15) is 8.42 Å². The number of hydrogen-bond donors (Lipinski definition) is 3. The van der Waals surface area contributed by atoms with Gasteiger partial charge in [0.05, 0.1) is 18.6 Å². The number of furan rings is 1. The van der Waals surface area contributed by atoms with E-state index in [1.807, 2.05) is 6.92 Å². The molecule has 0 atom stereocenters. The SMILES string of the molecule is CCCS(=O)(=O)N1CCC(NC(=NC)NCc2nc(-c3ccco3)n[nH]2)CC1.I. The van der Waals surface area contributed by atoms with Crippen LogP contribution in [0.1, 0.15) is 32.0 Å². The summed E-state index contributed by atoms with van der Waals surface area (Å²) in [4.78, 5) is 8.61. The van der Waals surface area contributed by atoms with E-state index in [4.69, 9.17) is 4.42 Å². The number of halogens is 1. The van der Waals surface area contributed by atoms with Gasteiger partial charge >= 0.3 is 0 Å². The van der Waals surface area contributed by atoms with Crippen molar-refractivity contribution >= 4 is 40.0 Å². The Morgan fingerprint density at radius 3 is 2.79 bits per heavy atom. The third-order valence-electron chi connectivity index (χ3n) is 4.57. The second kappa shape index (κ2) is 10.9. The van der Waals surface area contributed by atoms with E-state index in [1.165, 1.54) is 0 Å². The minimum Gasteiger partial charge on any atom is -0.461 e. The second-order valence-electron chi connectivity index (χ2n) is 6.64. The first kappa shape index (κ1) is 23.6. The molecule has 3 heterocycles. The molecule has 0 unspecified atom stereocenters. The molecule has 3 rings (SSSR count). The number of hydrogen-bond acceptors (Lipinski definition) is 6. The summed E-state index contributed by atoms with van der Waals surface area (Å²) < 4.78 is 31.2. The molecule has 2 aromatic heterocycles. The molecule has 0 radical (unpaired) electrons. The van der Waals surface area contributed by atoms with Crippen LogP contribution in [0.5, 0.6) is 0 Å². The van der Waals surface area contributed by atoms with Gasteiger partial charge in [-0.15, -0.1) is 29.1 Å². The minimum absolute atomic E-state index is 0. The van der Waals surface area contributed by atoms with E-state index in [0.29, 0.717) is 49.4 Å². The summed E-state index contributed by atoms with van der Waals surface area (Å²) in [5, 5.41) is 13.6. The summed E-state index contributed by atoms with van der Waals surface area (Å²) in [7, 11) is -1.42. The molecule has 0 saturated carbocycles. The monoisotopic (exact) mass is 537 g/mol. The van der Waals surface area contributed by atoms with Gasteiger partial charge in [-0.3, -0.25) is 10.1 Å². The van der Waals surface area contributed by atoms with Crippen LogP contribution in [-0.4, -0.2) is 65.8 Å². The molecule has 3 N–H and O–H groups in total. The lowest BCUT2D eigenvalue weighted by molar-refractivity contribution is 0.306. The third kappa shape index (κ3) is 6.40. The maximum atomic E-state index is 12.2. The molecule has 10 nitrogen and oxygen atoms in total. The van der Waals surface area contributed by atoms with Gasteiger partial charge in [0.1, 0.15) is 5.82 Å². The van der Waals surface area contributed by atoms with Gasteiger partial charge < -0.3 is 15.1 Å². The van der Waals surface area contributed by atoms with Crippen LogP contribution >= 0.6 is 24.0 Å². The summed E-state index contributed by atoms with van der Waals surface area (Å²) in [6, 6.07) is 3.76. The fraction of sp³-hybridized carbons (Fsp3) is 0.588. The van der Waals surface area contributed by atoms with Crippen LogP contribution < -0.4 is 10.6 Å². The van der Waals surface area contributed by atoms with Crippen molar-refractivity contribution in [3.8, 4) is 11.6 Å². The first-order chi connectivity index (χ1) is 13.5. The van der Waals surface area contributed by atoms with E-state index in [1.54, 1.807) is 29.7 Å². The van der Waals surface area contributed by atoms with Crippen LogP contribution in [0.15, 0.2) is 27.8 Å². The van der Waals surface area contributed by atoms with Crippen molar-refractivity contribution in [1.29, 1.82) is 0 Å². The van der Waals surface area contributed by atoms with E-state index in [0.717, 1.165) is 12.8 Å². The summed E-state index contributed by atoms with van der Waals surface area (Å²) >= 11 is 0. The van der Waals surface area contributed by atoms with E-state index < -0.39 is 10.0 Å². The predicted molar refractivity (Wildman–Crippen MR) is 122 cm³/mol. The van der Waals surface area contributed by atoms with Crippen LogP contribution in [-0.2, 0) is 16.6 Å². The summed E-state index contributed by atoms with van der Waals surface area (Å²) in [6.45, 7) is 3.38. The van der Waals surface area contributed by atoms with E-state index in [-0.39, 0.29) is 35.8 Å². The Morgan fingerprint density at radius 1 is 1.41 bits per heavy atom. The van der Waals surface area contributed by atoms with Crippen molar-refractivity contribution in [2.24, 2.45) is 4.99 Å². The fourth-order valence-corrected chi connectivity index (χ4v) is 4.65. The number of aromatic nitrogens is 3. The van der Waals surface area contributed by atoms with Gasteiger partial charge in [-0.1, -0.05) is 6.92 Å². The number of rotatable bonds is 7. The molecule has 1 aliphatic rings. The third-order valence-corrected chi connectivity index (χ3v) is 6.65. The van der Waals surface area contributed by atoms with E-state index in [2.05, 4.69) is 30.8 Å². The van der Waals surface area contributed by atoms with Gasteiger partial charge in [-0.25, -0.2) is 17.7 Å². The highest BCUT2D eigenvalue weighted by Crippen LogP contribution is 2.16. The highest BCUT2D eigenvalue weighted by molar-refractivity contribution is 14.0. The zero-order valence-electron chi connectivity index (χ0n) is 16.6. The van der Waals surface area contributed by atoms with E-state index >= 15 is 0 Å². The zero-order valence-corrected chi connectivity index (χ0v) is 19.7. The minimum atomic E-state index is -3.12. The molecule has 29 heavy (non-hydrogen) atoms. The fourth-order valence-electron chi connectivity index (χ4n) is 3.11. The topological polar surface area (TPSA) is 129 Å². The van der Waals surface area contributed by atoms with Crippen LogP contribution in [0.4, 0.5) is 0 Å². The summed E-state index contributed by atoms with van der Waals surface area (Å²) in [6.07, 6.45) is 3.71. The molecule has 1 fully saturated rings. The normalized spacial score (nSPS) is 16.4. The Labute approximate surface area is 188 Å². The maximum absolute atomic E-state index is 12.2. The Balaban J connectivity index is 0.00000300. The number of sulfonamides is 1. The zero-order chi connectivity index (χ0) is 20.0. The molecular formula is C17H28IN7O3S. The molecule has 0 aromatic carbocycles. The molecule has 0 spiro atoms. The van der Waals surface area contributed by atoms with Crippen LogP contribution in [0, 0.1) is 0 Å². The average Bonchev–Trinajstić information content (AvgIpc) is 3.37. The standard InChI is InChI=1S/C17H27N7O3S.HI/c1-3-11-28(25,26)24-8-6-13(7-9-24)20-17(18-2)19-12-15-21-16(23-22-15)14-5-4-10-27-14;/h4-5,10,13H,3,6-9,11-12H2,1-2H3,(H2,18,19,20)(H,21,22,23);1H. The molecule has 0 bridgehead atoms. The Hall–Kier alpha value is -1.67. The van der Waals surface area contributed by atoms with Crippen molar-refractivity contribution in [1.82, 2.24) is 30.1 Å². The lowest BCUT2D eigenvalue weighted by Gasteiger charge is -2.32. The summed E-state index contributed by atoms with van der Waals surface area (Å²) in [5.74, 6) is 2.63. The average molecular weight is 537 g/mol. The molecule has 0 amide bonds. The summed E-state index contributed by atoms with van der Waals surface area (Å²) in [5.41, 5.74) is 0. The lowest BCUT2D eigenvalue weighted by atomic mass is 10.1. The van der Waals surface area contributed by atoms with Crippen molar-refractivity contribution in [2.75, 3.05) is 25.9 Å². The van der Waals surface area contributed by atoms with Crippen molar-refractivity contribution in [3.63, 3.8) is 0 Å². The number of nitrogens with zero attached hydrogens (tertiary/aromatic N) is 4. The quantitative estimate of drug-likeness (QED) is 0.278. The van der Waals surface area contributed by atoms with Crippen LogP contribution in [0.3, 0.4) is 0 Å². The van der Waals surface area contributed by atoms with Gasteiger partial charge in [0, 0.05) is 26.2 Å². The number of aliphatic imine (C=N–C) groups is 1. The molecule has 1 aliphatic heterocycles. The van der Waals surface area contributed by atoms with Crippen molar-refractivity contribution < 1.29 is 12.8 Å². The number of aromatic amines is 1. The highest BCUT2D eigenvalue weighted by atomic mass is 127. The number of guanidine groups is 1. The Morgan fingerprint density at radius 2 is 2.17 bits per heavy atom. The predicted octanol–water partition coefficient (Wildman–Crippen LogP) is 1.55. The van der Waals surface area contributed by atoms with Gasteiger partial charge in [-0.05, 0) is 31.4 Å². The van der Waals surface area contributed by atoms with Gasteiger partial charge in [0.2, 0.25) is 15.8 Å². The van der Waals surface area contributed by atoms with Crippen molar-refractivity contribution in [3.05, 3.63) is 24.2 Å². The smallest absolute Gasteiger partial charge is 0.216 e. The van der Waals surface area contributed by atoms with Crippen LogP contribution in [0.2, 0.25) is 0 Å². The first-order valence-corrected chi connectivity index (χ1v) is 11.0. The lowest BCUT2D eigenvalue weighted by Crippen LogP contribution is -2.49. The van der Waals surface area contributed by atoms with Gasteiger partial charge in [0.15, 0.2) is 11.7 Å². The van der Waals surface area contributed by atoms with Gasteiger partial charge in [0.25, 0.3) is 0 Å². The Bertz CT molecular complexity index is 875. The Kier molecular flexibility index (Phi) is 8.89. The maximum Gasteiger partial charge on any atom is 0.216 e. The number of nitrogens with one attached hydrogen (secondary N) is 3. The molecular weight excluding hydrogens is 509 g/mol. The largest absolute Gasteiger partial charge is 0.461 e. The number of H-pyrrole nitrogens is 1. The molecule has 2 aromatic rings. The van der Waals surface area contributed by atoms with Gasteiger partial charge in [-0.2, -0.15) is 0 Å². The van der Waals surface area contributed by atoms with Crippen LogP contribution in [0.25, 0.3) is 11.6 Å².